The standard InChI is InChI=1S/C20H22FN3O5S/c1-20(19(25)23-26,30(3,27)28)9-10-24-12-14-11-13(7-8-16(14)22-24)15-5-4-6-17(29-2)18(15)21/h4-8,11-12,26H,9-10H2,1-3H3,(H,23,25)/t20-/m0/s1. The zero-order valence-corrected chi connectivity index (χ0v) is 17.5. The van der Waals surface area contributed by atoms with Gasteiger partial charge in [0.1, 0.15) is 0 Å². The number of nitrogens with zero attached hydrogens (tertiary/aromatic N) is 2. The zero-order valence-electron chi connectivity index (χ0n) is 16.7. The fourth-order valence-electron chi connectivity index (χ4n) is 3.16. The van der Waals surface area contributed by atoms with Crippen molar-refractivity contribution in [2.75, 3.05) is 13.4 Å². The van der Waals surface area contributed by atoms with Gasteiger partial charge in [0.05, 0.1) is 12.6 Å². The minimum atomic E-state index is -3.80. The second-order valence-electron chi connectivity index (χ2n) is 7.18. The van der Waals surface area contributed by atoms with Crippen molar-refractivity contribution in [2.24, 2.45) is 0 Å². The summed E-state index contributed by atoms with van der Waals surface area (Å²) >= 11 is 0. The van der Waals surface area contributed by atoms with Crippen molar-refractivity contribution in [3.63, 3.8) is 0 Å². The van der Waals surface area contributed by atoms with Crippen molar-refractivity contribution in [2.45, 2.75) is 24.6 Å². The number of amides is 1. The highest BCUT2D eigenvalue weighted by molar-refractivity contribution is 7.92. The number of aromatic nitrogens is 2. The Labute approximate surface area is 173 Å². The van der Waals surface area contributed by atoms with E-state index in [-0.39, 0.29) is 18.7 Å². The Morgan fingerprint density at radius 1 is 1.33 bits per heavy atom. The molecule has 1 heterocycles. The molecule has 3 aromatic rings. The molecule has 30 heavy (non-hydrogen) atoms. The van der Waals surface area contributed by atoms with E-state index in [1.54, 1.807) is 36.5 Å². The predicted octanol–water partition coefficient (Wildman–Crippen LogP) is 2.55. The molecule has 2 aromatic carbocycles. The molecule has 160 valence electrons. The van der Waals surface area contributed by atoms with Crippen LogP contribution in [-0.2, 0) is 21.2 Å². The highest BCUT2D eigenvalue weighted by atomic mass is 32.2. The smallest absolute Gasteiger partial charge is 0.264 e. The molecule has 1 atom stereocenters. The van der Waals surface area contributed by atoms with Crippen LogP contribution in [0.3, 0.4) is 0 Å². The molecular weight excluding hydrogens is 413 g/mol. The molecule has 0 aliphatic heterocycles. The van der Waals surface area contributed by atoms with Crippen molar-refractivity contribution in [1.82, 2.24) is 15.3 Å². The lowest BCUT2D eigenvalue weighted by Crippen LogP contribution is -2.49. The van der Waals surface area contributed by atoms with Gasteiger partial charge in [-0.3, -0.25) is 14.7 Å². The molecule has 3 rings (SSSR count). The summed E-state index contributed by atoms with van der Waals surface area (Å²) in [5, 5.41) is 14.0. The molecule has 0 fully saturated rings. The van der Waals surface area contributed by atoms with Crippen LogP contribution in [0.1, 0.15) is 13.3 Å². The van der Waals surface area contributed by atoms with E-state index in [4.69, 9.17) is 9.94 Å². The Bertz CT molecular complexity index is 1210. The number of carbonyl (C=O) groups excluding carboxylic acids is 1. The number of sulfone groups is 1. The third kappa shape index (κ3) is 3.88. The first-order valence-corrected chi connectivity index (χ1v) is 10.9. The number of benzene rings is 2. The number of hydroxylamine groups is 1. The summed E-state index contributed by atoms with van der Waals surface area (Å²) in [6.45, 7) is 1.37. The van der Waals surface area contributed by atoms with Crippen molar-refractivity contribution in [1.29, 1.82) is 0 Å². The third-order valence-electron chi connectivity index (χ3n) is 5.26. The third-order valence-corrected chi connectivity index (χ3v) is 7.29. The van der Waals surface area contributed by atoms with Crippen molar-refractivity contribution >= 4 is 26.6 Å². The van der Waals surface area contributed by atoms with Gasteiger partial charge in [0.15, 0.2) is 26.2 Å². The number of carbonyl (C=O) groups is 1. The molecule has 0 spiro atoms. The highest BCUT2D eigenvalue weighted by Crippen LogP contribution is 2.31. The first-order valence-electron chi connectivity index (χ1n) is 9.05. The van der Waals surface area contributed by atoms with Crippen LogP contribution in [0, 0.1) is 5.82 Å². The average Bonchev–Trinajstić information content (AvgIpc) is 3.12. The summed E-state index contributed by atoms with van der Waals surface area (Å²) in [6, 6.07) is 10.1. The van der Waals surface area contributed by atoms with E-state index in [1.807, 2.05) is 0 Å². The molecule has 0 bridgehead atoms. The number of methoxy groups -OCH3 is 1. The van der Waals surface area contributed by atoms with Gasteiger partial charge in [0.2, 0.25) is 0 Å². The minimum Gasteiger partial charge on any atom is -0.494 e. The fraction of sp³-hybridized carbons (Fsp3) is 0.300. The molecule has 0 saturated heterocycles. The Morgan fingerprint density at radius 3 is 2.70 bits per heavy atom. The van der Waals surface area contributed by atoms with E-state index < -0.39 is 26.3 Å². The number of hydrogen-bond acceptors (Lipinski definition) is 6. The van der Waals surface area contributed by atoms with Crippen LogP contribution in [0.2, 0.25) is 0 Å². The van der Waals surface area contributed by atoms with E-state index in [0.717, 1.165) is 11.6 Å². The Hall–Kier alpha value is -2.98. The second kappa shape index (κ2) is 8.04. The number of hydrogen-bond donors (Lipinski definition) is 2. The number of halogens is 1. The molecule has 0 radical (unpaired) electrons. The quantitative estimate of drug-likeness (QED) is 0.436. The molecule has 0 aliphatic carbocycles. The Balaban J connectivity index is 1.91. The van der Waals surface area contributed by atoms with Gasteiger partial charge in [-0.2, -0.15) is 5.10 Å². The number of rotatable bonds is 7. The van der Waals surface area contributed by atoms with Crippen LogP contribution in [0.5, 0.6) is 5.75 Å². The van der Waals surface area contributed by atoms with Gasteiger partial charge >= 0.3 is 0 Å². The summed E-state index contributed by atoms with van der Waals surface area (Å²) < 4.78 is 43.5. The van der Waals surface area contributed by atoms with Crippen molar-refractivity contribution in [3.8, 4) is 16.9 Å². The predicted molar refractivity (Wildman–Crippen MR) is 109 cm³/mol. The first-order chi connectivity index (χ1) is 14.1. The van der Waals surface area contributed by atoms with Crippen LogP contribution in [-0.4, -0.2) is 47.4 Å². The maximum absolute atomic E-state index is 14.6. The molecule has 2 N–H and O–H groups in total. The topological polar surface area (TPSA) is 111 Å². The molecular formula is C20H22FN3O5S. The van der Waals surface area contributed by atoms with Gasteiger partial charge < -0.3 is 4.74 Å². The second-order valence-corrected chi connectivity index (χ2v) is 9.63. The summed E-state index contributed by atoms with van der Waals surface area (Å²) in [5.41, 5.74) is 3.08. The molecule has 0 unspecified atom stereocenters. The average molecular weight is 435 g/mol. The van der Waals surface area contributed by atoms with Gasteiger partial charge in [-0.25, -0.2) is 18.3 Å². The monoisotopic (exact) mass is 435 g/mol. The van der Waals surface area contributed by atoms with Crippen LogP contribution in [0.15, 0.2) is 42.6 Å². The number of aryl methyl sites for hydroxylation is 1. The summed E-state index contributed by atoms with van der Waals surface area (Å²) in [6.07, 6.45) is 2.54. The lowest BCUT2D eigenvalue weighted by atomic mass is 10.0. The van der Waals surface area contributed by atoms with E-state index in [0.29, 0.717) is 16.6 Å². The van der Waals surface area contributed by atoms with Gasteiger partial charge in [-0.05, 0) is 37.1 Å². The van der Waals surface area contributed by atoms with Crippen LogP contribution in [0.25, 0.3) is 22.0 Å². The molecule has 0 saturated carbocycles. The van der Waals surface area contributed by atoms with Crippen molar-refractivity contribution in [3.05, 3.63) is 48.4 Å². The number of nitrogens with one attached hydrogen (secondary N) is 1. The van der Waals surface area contributed by atoms with Gasteiger partial charge in [-0.15, -0.1) is 0 Å². The van der Waals surface area contributed by atoms with Crippen molar-refractivity contribution < 1.29 is 27.5 Å². The molecule has 0 aliphatic rings. The SMILES string of the molecule is COc1cccc(-c2ccc3nn(CC[C@@](C)(C(=O)NO)S(C)(=O)=O)cc3c2)c1F. The normalized spacial score (nSPS) is 13.8. The summed E-state index contributed by atoms with van der Waals surface area (Å²) in [4.78, 5) is 11.9. The van der Waals surface area contributed by atoms with E-state index >= 15 is 0 Å². The maximum Gasteiger partial charge on any atom is 0.264 e. The molecule has 8 nitrogen and oxygen atoms in total. The van der Waals surface area contributed by atoms with Crippen LogP contribution >= 0.6 is 0 Å². The minimum absolute atomic E-state index is 0.0937. The first kappa shape index (κ1) is 21.7. The highest BCUT2D eigenvalue weighted by Gasteiger charge is 2.43. The fourth-order valence-corrected chi connectivity index (χ4v) is 4.01. The number of ether oxygens (including phenoxy) is 1. The van der Waals surface area contributed by atoms with E-state index in [9.17, 15) is 17.6 Å². The van der Waals surface area contributed by atoms with Crippen LogP contribution in [0.4, 0.5) is 4.39 Å². The summed E-state index contributed by atoms with van der Waals surface area (Å²) in [5.74, 6) is -1.33. The largest absolute Gasteiger partial charge is 0.494 e. The summed E-state index contributed by atoms with van der Waals surface area (Å²) in [7, 11) is -2.40. The van der Waals surface area contributed by atoms with E-state index in [2.05, 4.69) is 5.10 Å². The van der Waals surface area contributed by atoms with Gasteiger partial charge in [-0.1, -0.05) is 18.2 Å². The lowest BCUT2D eigenvalue weighted by molar-refractivity contribution is -0.131. The lowest BCUT2D eigenvalue weighted by Gasteiger charge is -2.24. The Kier molecular flexibility index (Phi) is 5.82. The van der Waals surface area contributed by atoms with Gasteiger partial charge in [0.25, 0.3) is 5.91 Å². The molecule has 1 aromatic heterocycles. The van der Waals surface area contributed by atoms with E-state index in [1.165, 1.54) is 30.3 Å². The molecule has 10 heteroatoms. The molecule has 1 amide bonds. The number of fused-ring (bicyclic) bond motifs is 1. The zero-order chi connectivity index (χ0) is 22.1. The van der Waals surface area contributed by atoms with Crippen LogP contribution < -0.4 is 10.2 Å². The van der Waals surface area contributed by atoms with Gasteiger partial charge in [0, 0.05) is 29.9 Å². The Morgan fingerprint density at radius 2 is 2.07 bits per heavy atom. The maximum atomic E-state index is 14.6.